The van der Waals surface area contributed by atoms with Crippen LogP contribution in [0.5, 0.6) is 0 Å². The van der Waals surface area contributed by atoms with Gasteiger partial charge in [0.15, 0.2) is 0 Å². The fourth-order valence-electron chi connectivity index (χ4n) is 3.81. The third-order valence-corrected chi connectivity index (χ3v) is 5.26. The molecule has 0 bridgehead atoms. The number of nitrogens with zero attached hydrogens (tertiary/aromatic N) is 4. The molecule has 1 aliphatic heterocycles. The summed E-state index contributed by atoms with van der Waals surface area (Å²) in [7, 11) is 0. The number of likely N-dealkylation sites (tertiary alicyclic amines) is 1. The van der Waals surface area contributed by atoms with Crippen LogP contribution >= 0.6 is 0 Å². The highest BCUT2D eigenvalue weighted by molar-refractivity contribution is 5.92. The topological polar surface area (TPSA) is 59.0 Å². The van der Waals surface area contributed by atoms with E-state index in [2.05, 4.69) is 9.97 Å². The molecule has 29 heavy (non-hydrogen) atoms. The number of halogens is 1. The van der Waals surface area contributed by atoms with Crippen LogP contribution in [-0.2, 0) is 0 Å². The number of hydrogen-bond acceptors (Lipinski definition) is 4. The lowest BCUT2D eigenvalue weighted by molar-refractivity contribution is 0.0599. The Morgan fingerprint density at radius 3 is 2.52 bits per heavy atom. The molecule has 6 heteroatoms. The largest absolute Gasteiger partial charge is 0.329 e. The highest BCUT2D eigenvalue weighted by atomic mass is 19.1. The van der Waals surface area contributed by atoms with Crippen molar-refractivity contribution in [2.24, 2.45) is 0 Å². The molecule has 3 heterocycles. The van der Waals surface area contributed by atoms with Crippen LogP contribution < -0.4 is 0 Å². The number of piperidine rings is 1. The van der Waals surface area contributed by atoms with Gasteiger partial charge < -0.3 is 4.90 Å². The van der Waals surface area contributed by atoms with Gasteiger partial charge in [0.2, 0.25) is 0 Å². The van der Waals surface area contributed by atoms with Gasteiger partial charge in [-0.2, -0.15) is 0 Å². The molecule has 1 atom stereocenters. The first-order valence-electron chi connectivity index (χ1n) is 9.85. The summed E-state index contributed by atoms with van der Waals surface area (Å²) in [6.45, 7) is 4.45. The number of benzene rings is 1. The molecule has 0 aliphatic carbocycles. The summed E-state index contributed by atoms with van der Waals surface area (Å²) in [4.78, 5) is 28.2. The lowest BCUT2D eigenvalue weighted by atomic mass is 9.95. The van der Waals surface area contributed by atoms with Gasteiger partial charge in [0.05, 0.1) is 23.6 Å². The van der Waals surface area contributed by atoms with Crippen molar-refractivity contribution < 1.29 is 9.18 Å². The van der Waals surface area contributed by atoms with E-state index in [0.717, 1.165) is 47.5 Å². The SMILES string of the molecule is Cc1cnc(C(=O)N2CCCCC2c2cc(-c3ccc(F)cc3)cc(C)n2)cn1. The van der Waals surface area contributed by atoms with Gasteiger partial charge in [-0.1, -0.05) is 12.1 Å². The average molecular weight is 390 g/mol. The molecule has 148 valence electrons. The zero-order chi connectivity index (χ0) is 20.4. The van der Waals surface area contributed by atoms with Crippen LogP contribution in [0.15, 0.2) is 48.8 Å². The molecule has 2 aromatic heterocycles. The fraction of sp³-hybridized carbons (Fsp3) is 0.304. The first-order valence-corrected chi connectivity index (χ1v) is 9.85. The predicted molar refractivity (Wildman–Crippen MR) is 109 cm³/mol. The van der Waals surface area contributed by atoms with Gasteiger partial charge in [0.1, 0.15) is 11.5 Å². The summed E-state index contributed by atoms with van der Waals surface area (Å²) >= 11 is 0. The Kier molecular flexibility index (Phi) is 5.34. The maximum atomic E-state index is 13.3. The number of amides is 1. The lowest BCUT2D eigenvalue weighted by Crippen LogP contribution is -2.39. The van der Waals surface area contributed by atoms with Crippen LogP contribution in [0.4, 0.5) is 4.39 Å². The molecule has 5 nitrogen and oxygen atoms in total. The van der Waals surface area contributed by atoms with Crippen molar-refractivity contribution in [1.29, 1.82) is 0 Å². The fourth-order valence-corrected chi connectivity index (χ4v) is 3.81. The maximum Gasteiger partial charge on any atom is 0.274 e. The Hall–Kier alpha value is -3.15. The van der Waals surface area contributed by atoms with E-state index in [4.69, 9.17) is 4.98 Å². The van der Waals surface area contributed by atoms with Crippen LogP contribution in [0.1, 0.15) is 52.9 Å². The van der Waals surface area contributed by atoms with E-state index < -0.39 is 0 Å². The monoisotopic (exact) mass is 390 g/mol. The van der Waals surface area contributed by atoms with Crippen molar-refractivity contribution in [2.45, 2.75) is 39.2 Å². The highest BCUT2D eigenvalue weighted by Crippen LogP contribution is 2.33. The van der Waals surface area contributed by atoms with Gasteiger partial charge >= 0.3 is 0 Å². The van der Waals surface area contributed by atoms with Gasteiger partial charge in [-0.3, -0.25) is 14.8 Å². The molecule has 4 rings (SSSR count). The summed E-state index contributed by atoms with van der Waals surface area (Å²) in [5, 5.41) is 0. The lowest BCUT2D eigenvalue weighted by Gasteiger charge is -2.35. The van der Waals surface area contributed by atoms with Crippen molar-refractivity contribution in [3.05, 3.63) is 77.4 Å². The van der Waals surface area contributed by atoms with Crippen molar-refractivity contribution in [3.8, 4) is 11.1 Å². The zero-order valence-electron chi connectivity index (χ0n) is 16.6. The minimum atomic E-state index is -0.261. The second-order valence-electron chi connectivity index (χ2n) is 7.48. The third kappa shape index (κ3) is 4.16. The third-order valence-electron chi connectivity index (χ3n) is 5.26. The van der Waals surface area contributed by atoms with Crippen LogP contribution in [0.25, 0.3) is 11.1 Å². The first-order chi connectivity index (χ1) is 14.0. The number of rotatable bonds is 3. The molecule has 0 N–H and O–H groups in total. The van der Waals surface area contributed by atoms with Crippen LogP contribution in [0.3, 0.4) is 0 Å². The molecule has 1 fully saturated rings. The molecule has 0 saturated carbocycles. The molecule has 1 amide bonds. The number of carbonyl (C=O) groups is 1. The number of carbonyl (C=O) groups excluding carboxylic acids is 1. The Bertz CT molecular complexity index is 1020. The van der Waals surface area contributed by atoms with Gasteiger partial charge in [-0.25, -0.2) is 9.37 Å². The van der Waals surface area contributed by atoms with E-state index in [1.807, 2.05) is 30.9 Å². The van der Waals surface area contributed by atoms with E-state index in [1.54, 1.807) is 18.3 Å². The van der Waals surface area contributed by atoms with Gasteiger partial charge in [-0.15, -0.1) is 0 Å². The smallest absolute Gasteiger partial charge is 0.274 e. The van der Waals surface area contributed by atoms with E-state index in [-0.39, 0.29) is 17.8 Å². The van der Waals surface area contributed by atoms with Gasteiger partial charge in [0, 0.05) is 18.4 Å². The van der Waals surface area contributed by atoms with Crippen LogP contribution in [0, 0.1) is 19.7 Å². The molecular weight excluding hydrogens is 367 g/mol. The summed E-state index contributed by atoms with van der Waals surface area (Å²) in [5.41, 5.74) is 4.76. The van der Waals surface area contributed by atoms with E-state index in [0.29, 0.717) is 12.2 Å². The number of pyridine rings is 1. The Labute approximate surface area is 169 Å². The average Bonchev–Trinajstić information content (AvgIpc) is 2.74. The summed E-state index contributed by atoms with van der Waals surface area (Å²) < 4.78 is 13.3. The summed E-state index contributed by atoms with van der Waals surface area (Å²) in [6, 6.07) is 10.3. The Morgan fingerprint density at radius 2 is 1.79 bits per heavy atom. The van der Waals surface area contributed by atoms with E-state index in [9.17, 15) is 9.18 Å². The molecule has 0 spiro atoms. The molecule has 1 unspecified atom stereocenters. The Morgan fingerprint density at radius 1 is 1.00 bits per heavy atom. The van der Waals surface area contributed by atoms with Gasteiger partial charge in [-0.05, 0) is 68.5 Å². The summed E-state index contributed by atoms with van der Waals surface area (Å²) in [6.07, 6.45) is 6.00. The number of aromatic nitrogens is 3. The van der Waals surface area contributed by atoms with Crippen molar-refractivity contribution in [2.75, 3.05) is 6.54 Å². The minimum absolute atomic E-state index is 0.113. The van der Waals surface area contributed by atoms with Gasteiger partial charge in [0.25, 0.3) is 5.91 Å². The normalized spacial score (nSPS) is 16.7. The molecular formula is C23H23FN4O. The van der Waals surface area contributed by atoms with Crippen molar-refractivity contribution in [1.82, 2.24) is 19.9 Å². The number of aryl methyl sites for hydroxylation is 2. The Balaban J connectivity index is 1.68. The van der Waals surface area contributed by atoms with Crippen molar-refractivity contribution >= 4 is 5.91 Å². The standard InChI is InChI=1S/C23H23FN4O/c1-15-11-18(17-6-8-19(24)9-7-17)12-20(27-15)22-5-3-4-10-28(22)23(29)21-14-25-16(2)13-26-21/h6-9,11-14,22H,3-5,10H2,1-2H3. The van der Waals surface area contributed by atoms with Crippen LogP contribution in [-0.4, -0.2) is 32.3 Å². The van der Waals surface area contributed by atoms with E-state index in [1.165, 1.54) is 18.3 Å². The minimum Gasteiger partial charge on any atom is -0.329 e. The molecule has 1 aliphatic rings. The highest BCUT2D eigenvalue weighted by Gasteiger charge is 2.30. The molecule has 3 aromatic rings. The first kappa shape index (κ1) is 19.2. The zero-order valence-corrected chi connectivity index (χ0v) is 16.6. The molecule has 0 radical (unpaired) electrons. The van der Waals surface area contributed by atoms with E-state index >= 15 is 0 Å². The molecule has 1 aromatic carbocycles. The molecule has 1 saturated heterocycles. The quantitative estimate of drug-likeness (QED) is 0.652. The predicted octanol–water partition coefficient (Wildman–Crippen LogP) is 4.66. The van der Waals surface area contributed by atoms with Crippen LogP contribution in [0.2, 0.25) is 0 Å². The second-order valence-corrected chi connectivity index (χ2v) is 7.48. The summed E-state index contributed by atoms with van der Waals surface area (Å²) in [5.74, 6) is -0.378. The van der Waals surface area contributed by atoms with Crippen molar-refractivity contribution in [3.63, 3.8) is 0 Å². The maximum absolute atomic E-state index is 13.3. The second kappa shape index (κ2) is 8.07. The number of hydrogen-bond donors (Lipinski definition) is 0.